The van der Waals surface area contributed by atoms with Gasteiger partial charge in [0.25, 0.3) is 0 Å². The molecule has 3 aromatic heterocycles. The van der Waals surface area contributed by atoms with Gasteiger partial charge >= 0.3 is 12.1 Å². The molecule has 0 saturated heterocycles. The molecule has 1 N–H and O–H groups in total. The number of aromatic nitrogens is 5. The second-order valence-corrected chi connectivity index (χ2v) is 7.94. The Morgan fingerprint density at radius 2 is 1.86 bits per heavy atom. The number of aryl methyl sites for hydroxylation is 1. The number of nitrogens with zero attached hydrogens (tertiary/aromatic N) is 5. The van der Waals surface area contributed by atoms with Crippen molar-refractivity contribution in [2.45, 2.75) is 13.1 Å². The maximum absolute atomic E-state index is 13.5. The van der Waals surface area contributed by atoms with Crippen LogP contribution in [0.5, 0.6) is 5.88 Å². The Labute approximate surface area is 212 Å². The topological polar surface area (TPSA) is 104 Å². The van der Waals surface area contributed by atoms with Gasteiger partial charge in [0, 0.05) is 34.9 Å². The van der Waals surface area contributed by atoms with E-state index in [0.717, 1.165) is 16.8 Å². The van der Waals surface area contributed by atoms with Crippen molar-refractivity contribution in [3.8, 4) is 22.8 Å². The number of hydrogen-bond acceptors (Lipinski definition) is 8. The molecule has 14 heteroatoms. The summed E-state index contributed by atoms with van der Waals surface area (Å²) in [6.45, 7) is 1.42. The molecule has 0 aliphatic carbocycles. The summed E-state index contributed by atoms with van der Waals surface area (Å²) in [5.74, 6) is -1.49. The number of rotatable bonds is 6. The highest BCUT2D eigenvalue weighted by Gasteiger charge is 2.35. The smallest absolute Gasteiger partial charge is 0.435 e. The lowest BCUT2D eigenvalue weighted by Gasteiger charge is -2.14. The molecule has 4 aromatic rings. The number of anilines is 2. The number of carbonyl (C=O) groups excluding carboxylic acids is 1. The number of halogens is 5. The molecule has 0 fully saturated rings. The highest BCUT2D eigenvalue weighted by Crippen LogP contribution is 2.33. The lowest BCUT2D eigenvalue weighted by molar-refractivity contribution is -0.141. The van der Waals surface area contributed by atoms with Crippen molar-refractivity contribution in [1.29, 1.82) is 0 Å². The summed E-state index contributed by atoms with van der Waals surface area (Å²) in [7, 11) is 2.49. The molecule has 0 radical (unpaired) electrons. The Bertz CT molecular complexity index is 1490. The predicted octanol–water partition coefficient (Wildman–Crippen LogP) is 5.38. The molecule has 3 heterocycles. The van der Waals surface area contributed by atoms with Crippen molar-refractivity contribution in [3.05, 3.63) is 70.5 Å². The summed E-state index contributed by atoms with van der Waals surface area (Å²) < 4.78 is 64.5. The maximum Gasteiger partial charge on any atom is 0.435 e. The van der Waals surface area contributed by atoms with Gasteiger partial charge in [0.1, 0.15) is 11.4 Å². The second kappa shape index (κ2) is 10.0. The molecule has 0 aliphatic heterocycles. The maximum atomic E-state index is 13.5. The quantitative estimate of drug-likeness (QED) is 0.259. The molecule has 0 amide bonds. The Balaban J connectivity index is 1.89. The molecule has 0 unspecified atom stereocenters. The molecule has 192 valence electrons. The molecular formula is C23H17ClF4N6O3. The summed E-state index contributed by atoms with van der Waals surface area (Å²) in [5.41, 5.74) is -0.226. The van der Waals surface area contributed by atoms with Crippen LogP contribution in [0.25, 0.3) is 16.9 Å². The molecule has 0 spiro atoms. The monoisotopic (exact) mass is 536 g/mol. The summed E-state index contributed by atoms with van der Waals surface area (Å²) in [4.78, 5) is 24.9. The van der Waals surface area contributed by atoms with Gasteiger partial charge in [-0.05, 0) is 37.3 Å². The predicted molar refractivity (Wildman–Crippen MR) is 125 cm³/mol. The number of nitrogens with one attached hydrogen (secondary N) is 1. The average Bonchev–Trinajstić information content (AvgIpc) is 3.27. The van der Waals surface area contributed by atoms with Crippen molar-refractivity contribution >= 4 is 29.2 Å². The largest absolute Gasteiger partial charge is 0.480 e. The van der Waals surface area contributed by atoms with Crippen molar-refractivity contribution in [1.82, 2.24) is 24.7 Å². The van der Waals surface area contributed by atoms with Gasteiger partial charge in [-0.3, -0.25) is 0 Å². The molecule has 9 nitrogen and oxygen atoms in total. The van der Waals surface area contributed by atoms with E-state index in [4.69, 9.17) is 21.1 Å². The van der Waals surface area contributed by atoms with Gasteiger partial charge in [-0.2, -0.15) is 23.3 Å². The first kappa shape index (κ1) is 25.8. The minimum absolute atomic E-state index is 0.0147. The van der Waals surface area contributed by atoms with Crippen LogP contribution in [0.3, 0.4) is 0 Å². The Morgan fingerprint density at radius 1 is 1.11 bits per heavy atom. The number of alkyl halides is 3. The molecule has 4 rings (SSSR count). The first-order valence-electron chi connectivity index (χ1n) is 10.4. The van der Waals surface area contributed by atoms with E-state index in [-0.39, 0.29) is 45.1 Å². The third kappa shape index (κ3) is 5.31. The van der Waals surface area contributed by atoms with Crippen LogP contribution in [-0.2, 0) is 10.9 Å². The molecule has 0 saturated carbocycles. The van der Waals surface area contributed by atoms with Crippen LogP contribution in [0.15, 0.2) is 42.7 Å². The van der Waals surface area contributed by atoms with E-state index in [0.29, 0.717) is 5.69 Å². The SMILES string of the molecule is COC(=O)c1cc(-c2cnc(Nc3ccc(F)c(Cl)c3)nc2-n2nc(C(F)(F)F)cc2C)cnc1OC. The van der Waals surface area contributed by atoms with Gasteiger partial charge in [-0.1, -0.05) is 11.6 Å². The standard InChI is InChI=1S/C23H17ClF4N6O3/c1-11-6-18(23(26,27)28)33-34(11)19-15(12-7-14(21(35)37-3)20(36-2)29-9-12)10-30-22(32-19)31-13-4-5-17(25)16(24)8-13/h4-10H,1-3H3,(H,30,31,32). The zero-order chi connectivity index (χ0) is 26.9. The Morgan fingerprint density at radius 3 is 2.49 bits per heavy atom. The summed E-state index contributed by atoms with van der Waals surface area (Å²) in [5, 5.41) is 6.36. The van der Waals surface area contributed by atoms with Crippen molar-refractivity contribution in [2.75, 3.05) is 19.5 Å². The number of ether oxygens (including phenoxy) is 2. The number of hydrogen-bond donors (Lipinski definition) is 1. The number of benzene rings is 1. The third-order valence-corrected chi connectivity index (χ3v) is 5.37. The van der Waals surface area contributed by atoms with E-state index in [9.17, 15) is 22.4 Å². The van der Waals surface area contributed by atoms with Crippen molar-refractivity contribution in [2.24, 2.45) is 0 Å². The Kier molecular flexibility index (Phi) is 6.99. The molecular weight excluding hydrogens is 520 g/mol. The van der Waals surface area contributed by atoms with Crippen molar-refractivity contribution < 1.29 is 31.8 Å². The fourth-order valence-electron chi connectivity index (χ4n) is 3.35. The fourth-order valence-corrected chi connectivity index (χ4v) is 3.53. The summed E-state index contributed by atoms with van der Waals surface area (Å²) in [6, 6.07) is 6.06. The van der Waals surface area contributed by atoms with Crippen molar-refractivity contribution in [3.63, 3.8) is 0 Å². The lowest BCUT2D eigenvalue weighted by atomic mass is 10.1. The molecule has 0 bridgehead atoms. The van der Waals surface area contributed by atoms with Gasteiger partial charge in [0.05, 0.1) is 19.2 Å². The average molecular weight is 537 g/mol. The minimum atomic E-state index is -4.70. The number of methoxy groups -OCH3 is 2. The molecule has 37 heavy (non-hydrogen) atoms. The van der Waals surface area contributed by atoms with Crippen LogP contribution in [0, 0.1) is 12.7 Å². The van der Waals surface area contributed by atoms with Crippen LogP contribution in [-0.4, -0.2) is 44.9 Å². The zero-order valence-corrected chi connectivity index (χ0v) is 20.1. The van der Waals surface area contributed by atoms with Gasteiger partial charge in [-0.15, -0.1) is 0 Å². The van der Waals surface area contributed by atoms with Crippen LogP contribution >= 0.6 is 11.6 Å². The minimum Gasteiger partial charge on any atom is -0.480 e. The lowest BCUT2D eigenvalue weighted by Crippen LogP contribution is -2.11. The molecule has 0 aliphatic rings. The van der Waals surface area contributed by atoms with E-state index in [2.05, 4.69) is 25.4 Å². The number of pyridine rings is 1. The zero-order valence-electron chi connectivity index (χ0n) is 19.4. The van der Waals surface area contributed by atoms with Crippen LogP contribution in [0.1, 0.15) is 21.7 Å². The summed E-state index contributed by atoms with van der Waals surface area (Å²) >= 11 is 5.82. The van der Waals surface area contributed by atoms with Gasteiger partial charge in [0.15, 0.2) is 11.5 Å². The fraction of sp³-hybridized carbons (Fsp3) is 0.174. The van der Waals surface area contributed by atoms with Gasteiger partial charge in [-0.25, -0.2) is 23.8 Å². The van der Waals surface area contributed by atoms with Crippen LogP contribution in [0.4, 0.5) is 29.2 Å². The van der Waals surface area contributed by atoms with E-state index >= 15 is 0 Å². The second-order valence-electron chi connectivity index (χ2n) is 7.54. The van der Waals surface area contributed by atoms with E-state index in [1.165, 1.54) is 51.7 Å². The van der Waals surface area contributed by atoms with Crippen LogP contribution in [0.2, 0.25) is 5.02 Å². The van der Waals surface area contributed by atoms with Gasteiger partial charge in [0.2, 0.25) is 11.8 Å². The van der Waals surface area contributed by atoms with E-state index in [1.807, 2.05) is 0 Å². The van der Waals surface area contributed by atoms with Crippen LogP contribution < -0.4 is 10.1 Å². The summed E-state index contributed by atoms with van der Waals surface area (Å²) in [6.07, 6.45) is -2.05. The Hall–Kier alpha value is -4.26. The first-order chi connectivity index (χ1) is 17.5. The third-order valence-electron chi connectivity index (χ3n) is 5.08. The highest BCUT2D eigenvalue weighted by atomic mass is 35.5. The van der Waals surface area contributed by atoms with E-state index < -0.39 is 23.7 Å². The van der Waals surface area contributed by atoms with E-state index in [1.54, 1.807) is 0 Å². The number of carbonyl (C=O) groups is 1. The molecule has 0 atom stereocenters. The molecule has 1 aromatic carbocycles. The first-order valence-corrected chi connectivity index (χ1v) is 10.8. The highest BCUT2D eigenvalue weighted by molar-refractivity contribution is 6.31. The number of esters is 1. The normalized spacial score (nSPS) is 11.4. The van der Waals surface area contributed by atoms with Gasteiger partial charge < -0.3 is 14.8 Å².